The van der Waals surface area contributed by atoms with E-state index in [4.69, 9.17) is 5.73 Å². The highest BCUT2D eigenvalue weighted by Gasteiger charge is 2.11. The molecule has 0 aliphatic carbocycles. The number of carbonyl (C=O) groups excluding carboxylic acids is 1. The van der Waals surface area contributed by atoms with Crippen LogP contribution in [0.2, 0.25) is 0 Å². The van der Waals surface area contributed by atoms with Gasteiger partial charge >= 0.3 is 0 Å². The Hall–Kier alpha value is -1.89. The molecule has 0 aromatic carbocycles. The smallest absolute Gasteiger partial charge is 0.241 e. The minimum Gasteiger partial charge on any atom is -0.396 e. The Morgan fingerprint density at radius 1 is 1.53 bits per heavy atom. The molecule has 0 aliphatic rings. The normalized spacial score (nSPS) is 10.6. The van der Waals surface area contributed by atoms with Crippen LogP contribution in [0.15, 0.2) is 11.6 Å². The minimum absolute atomic E-state index is 0.0674. The second-order valence-corrected chi connectivity index (χ2v) is 5.25. The van der Waals surface area contributed by atoms with Gasteiger partial charge < -0.3 is 11.1 Å². The number of anilines is 1. The maximum atomic E-state index is 11.8. The number of hydrogen-bond acceptors (Lipinski definition) is 5. The first-order chi connectivity index (χ1) is 9.08. The van der Waals surface area contributed by atoms with E-state index in [1.807, 2.05) is 19.2 Å². The molecule has 6 nitrogen and oxygen atoms in total. The predicted octanol–water partition coefficient (Wildman–Crippen LogP) is 0.898. The van der Waals surface area contributed by atoms with Crippen LogP contribution >= 0.6 is 11.3 Å². The molecule has 2 rings (SSSR count). The summed E-state index contributed by atoms with van der Waals surface area (Å²) in [5, 5.41) is 10.0. The van der Waals surface area contributed by atoms with E-state index >= 15 is 0 Å². The molecule has 3 N–H and O–H groups in total. The van der Waals surface area contributed by atoms with Crippen molar-refractivity contribution < 1.29 is 4.79 Å². The molecule has 2 aromatic rings. The lowest BCUT2D eigenvalue weighted by atomic mass is 10.3. The van der Waals surface area contributed by atoms with Crippen molar-refractivity contribution in [3.8, 4) is 0 Å². The number of thiazole rings is 1. The summed E-state index contributed by atoms with van der Waals surface area (Å²) in [4.78, 5) is 15.9. The van der Waals surface area contributed by atoms with Crippen molar-refractivity contribution in [1.29, 1.82) is 0 Å². The summed E-state index contributed by atoms with van der Waals surface area (Å²) in [7, 11) is 0. The Labute approximate surface area is 115 Å². The number of hydrogen-bond donors (Lipinski definition) is 2. The van der Waals surface area contributed by atoms with Crippen LogP contribution in [0.1, 0.15) is 16.4 Å². The van der Waals surface area contributed by atoms with Gasteiger partial charge in [-0.1, -0.05) is 0 Å². The molecule has 0 fully saturated rings. The molecule has 0 aliphatic heterocycles. The lowest BCUT2D eigenvalue weighted by molar-refractivity contribution is -0.121. The molecular formula is C12H17N5OS. The average Bonchev–Trinajstić information content (AvgIpc) is 2.96. The largest absolute Gasteiger partial charge is 0.396 e. The Kier molecular flexibility index (Phi) is 4.16. The van der Waals surface area contributed by atoms with Crippen molar-refractivity contribution in [1.82, 2.24) is 20.1 Å². The van der Waals surface area contributed by atoms with Gasteiger partial charge in [-0.25, -0.2) is 4.98 Å². The summed E-state index contributed by atoms with van der Waals surface area (Å²) in [6.45, 7) is 4.47. The van der Waals surface area contributed by atoms with E-state index in [2.05, 4.69) is 15.4 Å². The molecule has 0 spiro atoms. The zero-order chi connectivity index (χ0) is 13.8. The number of aryl methyl sites for hydroxylation is 1. The van der Waals surface area contributed by atoms with Gasteiger partial charge in [-0.15, -0.1) is 11.3 Å². The molecule has 0 unspecified atom stereocenters. The number of nitrogens with two attached hydrogens (primary N) is 1. The average molecular weight is 279 g/mol. The zero-order valence-electron chi connectivity index (χ0n) is 11.0. The summed E-state index contributed by atoms with van der Waals surface area (Å²) in [5.41, 5.74) is 8.05. The number of carbonyl (C=O) groups is 1. The monoisotopic (exact) mass is 279 g/mol. The predicted molar refractivity (Wildman–Crippen MR) is 74.9 cm³/mol. The second-order valence-electron chi connectivity index (χ2n) is 4.27. The van der Waals surface area contributed by atoms with Gasteiger partial charge in [-0.3, -0.25) is 9.48 Å². The molecule has 102 valence electrons. The molecule has 0 saturated carbocycles. The van der Waals surface area contributed by atoms with E-state index in [-0.39, 0.29) is 12.5 Å². The summed E-state index contributed by atoms with van der Waals surface area (Å²) in [6.07, 6.45) is 2.52. The van der Waals surface area contributed by atoms with Gasteiger partial charge in [-0.05, 0) is 13.8 Å². The number of nitrogens with one attached hydrogen (secondary N) is 1. The van der Waals surface area contributed by atoms with E-state index in [1.165, 1.54) is 0 Å². The quantitative estimate of drug-likeness (QED) is 0.851. The van der Waals surface area contributed by atoms with Crippen LogP contribution in [0, 0.1) is 13.8 Å². The van der Waals surface area contributed by atoms with Crippen molar-refractivity contribution in [2.45, 2.75) is 26.8 Å². The van der Waals surface area contributed by atoms with Crippen LogP contribution in [0.4, 0.5) is 5.69 Å². The lowest BCUT2D eigenvalue weighted by Crippen LogP contribution is -2.30. The molecule has 0 radical (unpaired) electrons. The summed E-state index contributed by atoms with van der Waals surface area (Å²) < 4.78 is 1.63. The Balaban J connectivity index is 1.82. The molecular weight excluding hydrogens is 262 g/mol. The molecule has 7 heteroatoms. The molecule has 1 amide bonds. The topological polar surface area (TPSA) is 85.8 Å². The Bertz CT molecular complexity index is 561. The highest BCUT2D eigenvalue weighted by molar-refractivity contribution is 7.09. The van der Waals surface area contributed by atoms with E-state index < -0.39 is 0 Å². The fourth-order valence-corrected chi connectivity index (χ4v) is 2.36. The van der Waals surface area contributed by atoms with Crippen molar-refractivity contribution in [3.63, 3.8) is 0 Å². The van der Waals surface area contributed by atoms with Crippen molar-refractivity contribution in [3.05, 3.63) is 28.0 Å². The van der Waals surface area contributed by atoms with Crippen LogP contribution in [-0.4, -0.2) is 27.2 Å². The molecule has 0 atom stereocenters. The first-order valence-electron chi connectivity index (χ1n) is 6.02. The summed E-state index contributed by atoms with van der Waals surface area (Å²) >= 11 is 1.59. The molecule has 2 heterocycles. The zero-order valence-corrected chi connectivity index (χ0v) is 11.8. The standard InChI is InChI=1S/C12H17N5OS/c1-8-12(13)9(2)17(16-8)7-10(18)14-4-3-11-15-5-6-19-11/h5-6H,3-4,7,13H2,1-2H3,(H,14,18). The number of aromatic nitrogens is 3. The van der Waals surface area contributed by atoms with Gasteiger partial charge in [0.25, 0.3) is 0 Å². The van der Waals surface area contributed by atoms with Gasteiger partial charge in [0.1, 0.15) is 6.54 Å². The Morgan fingerprint density at radius 2 is 2.32 bits per heavy atom. The van der Waals surface area contributed by atoms with Crippen molar-refractivity contribution in [2.24, 2.45) is 0 Å². The molecule has 0 saturated heterocycles. The first kappa shape index (κ1) is 13.5. The van der Waals surface area contributed by atoms with Crippen LogP contribution < -0.4 is 11.1 Å². The number of nitrogen functional groups attached to an aromatic ring is 1. The number of nitrogens with zero attached hydrogens (tertiary/aromatic N) is 3. The van der Waals surface area contributed by atoms with Crippen molar-refractivity contribution >= 4 is 22.9 Å². The van der Waals surface area contributed by atoms with Gasteiger partial charge in [0.2, 0.25) is 5.91 Å². The van der Waals surface area contributed by atoms with Crippen LogP contribution in [0.3, 0.4) is 0 Å². The van der Waals surface area contributed by atoms with Gasteiger partial charge in [0, 0.05) is 24.5 Å². The van der Waals surface area contributed by atoms with Crippen LogP contribution in [-0.2, 0) is 17.8 Å². The highest BCUT2D eigenvalue weighted by Crippen LogP contribution is 2.14. The molecule has 2 aromatic heterocycles. The third-order valence-corrected chi connectivity index (χ3v) is 3.71. The van der Waals surface area contributed by atoms with E-state index in [0.717, 1.165) is 22.8 Å². The Morgan fingerprint density at radius 3 is 2.89 bits per heavy atom. The van der Waals surface area contributed by atoms with Gasteiger partial charge in [0.05, 0.1) is 22.1 Å². The number of rotatable bonds is 5. The van der Waals surface area contributed by atoms with Crippen LogP contribution in [0.25, 0.3) is 0 Å². The number of amides is 1. The molecule has 19 heavy (non-hydrogen) atoms. The van der Waals surface area contributed by atoms with E-state index in [1.54, 1.807) is 22.2 Å². The lowest BCUT2D eigenvalue weighted by Gasteiger charge is -2.06. The maximum Gasteiger partial charge on any atom is 0.241 e. The molecule has 0 bridgehead atoms. The van der Waals surface area contributed by atoms with Crippen molar-refractivity contribution in [2.75, 3.05) is 12.3 Å². The highest BCUT2D eigenvalue weighted by atomic mass is 32.1. The van der Waals surface area contributed by atoms with E-state index in [9.17, 15) is 4.79 Å². The fourth-order valence-electron chi connectivity index (χ4n) is 1.74. The summed E-state index contributed by atoms with van der Waals surface area (Å²) in [6, 6.07) is 0. The maximum absolute atomic E-state index is 11.8. The van der Waals surface area contributed by atoms with Gasteiger partial charge in [0.15, 0.2) is 0 Å². The third-order valence-electron chi connectivity index (χ3n) is 2.88. The first-order valence-corrected chi connectivity index (χ1v) is 6.90. The van der Waals surface area contributed by atoms with Crippen LogP contribution in [0.5, 0.6) is 0 Å². The fraction of sp³-hybridized carbons (Fsp3) is 0.417. The van der Waals surface area contributed by atoms with E-state index in [0.29, 0.717) is 12.2 Å². The minimum atomic E-state index is -0.0674. The SMILES string of the molecule is Cc1nn(CC(=O)NCCc2nccs2)c(C)c1N. The second kappa shape index (κ2) is 5.83. The summed E-state index contributed by atoms with van der Waals surface area (Å²) in [5.74, 6) is -0.0674. The third kappa shape index (κ3) is 3.31. The van der Waals surface area contributed by atoms with Gasteiger partial charge in [-0.2, -0.15) is 5.10 Å².